The molecule has 4 nitrogen and oxygen atoms in total. The average Bonchev–Trinajstić information content (AvgIpc) is 2.50. The molecule has 1 saturated heterocycles. The molecule has 4 heteroatoms. The summed E-state index contributed by atoms with van der Waals surface area (Å²) < 4.78 is 10.3. The first kappa shape index (κ1) is 14.5. The number of methoxy groups -OCH3 is 1. The number of benzene rings is 1. The zero-order valence-corrected chi connectivity index (χ0v) is 11.5. The summed E-state index contributed by atoms with van der Waals surface area (Å²) >= 11 is 0. The highest BCUT2D eigenvalue weighted by atomic mass is 16.5. The van der Waals surface area contributed by atoms with Crippen LogP contribution in [0.1, 0.15) is 17.9 Å². The van der Waals surface area contributed by atoms with E-state index < -0.39 is 17.3 Å². The average molecular weight is 274 g/mol. The van der Waals surface area contributed by atoms with Gasteiger partial charge in [-0.25, -0.2) is 0 Å². The van der Waals surface area contributed by atoms with E-state index in [0.29, 0.717) is 6.61 Å². The van der Waals surface area contributed by atoms with Crippen LogP contribution in [0.25, 0.3) is 0 Å². The maximum Gasteiger partial charge on any atom is 0.322 e. The maximum absolute atomic E-state index is 12.5. The van der Waals surface area contributed by atoms with Gasteiger partial charge in [0, 0.05) is 12.3 Å². The van der Waals surface area contributed by atoms with E-state index in [9.17, 15) is 9.59 Å². The number of ketones is 1. The fourth-order valence-corrected chi connectivity index (χ4v) is 2.73. The van der Waals surface area contributed by atoms with Gasteiger partial charge in [-0.2, -0.15) is 0 Å². The van der Waals surface area contributed by atoms with E-state index in [4.69, 9.17) is 9.47 Å². The van der Waals surface area contributed by atoms with Crippen LogP contribution in [0, 0.1) is 5.41 Å². The summed E-state index contributed by atoms with van der Waals surface area (Å²) in [7, 11) is 1.29. The van der Waals surface area contributed by atoms with Gasteiger partial charge in [0.2, 0.25) is 0 Å². The lowest BCUT2D eigenvalue weighted by molar-refractivity contribution is -0.168. The standard InChI is InChI=1S/C16H18O4/c1-3-13(12-7-5-4-6-8-12)16(15(18)19-2)11-20-10-9-14(16)17/h3-8,13H,1,9-11H2,2H3/t13-,16+/m0/s1. The fourth-order valence-electron chi connectivity index (χ4n) is 2.73. The lowest BCUT2D eigenvalue weighted by Gasteiger charge is -2.38. The van der Waals surface area contributed by atoms with Crippen LogP contribution in [-0.4, -0.2) is 32.1 Å². The molecular formula is C16H18O4. The number of hydrogen-bond acceptors (Lipinski definition) is 4. The van der Waals surface area contributed by atoms with Gasteiger partial charge in [0.15, 0.2) is 11.2 Å². The highest BCUT2D eigenvalue weighted by Crippen LogP contribution is 2.42. The Morgan fingerprint density at radius 1 is 1.45 bits per heavy atom. The molecule has 0 unspecified atom stereocenters. The number of carbonyl (C=O) groups excluding carboxylic acids is 2. The summed E-state index contributed by atoms with van der Waals surface area (Å²) in [5.41, 5.74) is -0.470. The molecule has 0 bridgehead atoms. The Bertz CT molecular complexity index is 498. The van der Waals surface area contributed by atoms with E-state index in [1.807, 2.05) is 30.3 Å². The van der Waals surface area contributed by atoms with Crippen molar-refractivity contribution in [1.29, 1.82) is 0 Å². The van der Waals surface area contributed by atoms with E-state index in [2.05, 4.69) is 6.58 Å². The van der Waals surface area contributed by atoms with Crippen molar-refractivity contribution in [2.45, 2.75) is 12.3 Å². The SMILES string of the molecule is C=C[C@@H](c1ccccc1)[C@]1(C(=O)OC)COCCC1=O. The largest absolute Gasteiger partial charge is 0.468 e. The van der Waals surface area contributed by atoms with Crippen molar-refractivity contribution < 1.29 is 19.1 Å². The molecule has 0 amide bonds. The van der Waals surface area contributed by atoms with Crippen LogP contribution in [0.2, 0.25) is 0 Å². The summed E-state index contributed by atoms with van der Waals surface area (Å²) in [4.78, 5) is 24.8. The van der Waals surface area contributed by atoms with Crippen LogP contribution in [-0.2, 0) is 19.1 Å². The summed E-state index contributed by atoms with van der Waals surface area (Å²) in [6.45, 7) is 4.17. The van der Waals surface area contributed by atoms with Gasteiger partial charge in [-0.1, -0.05) is 36.4 Å². The van der Waals surface area contributed by atoms with Gasteiger partial charge in [0.05, 0.1) is 20.3 Å². The van der Waals surface area contributed by atoms with E-state index in [-0.39, 0.29) is 18.8 Å². The molecule has 2 rings (SSSR count). The molecule has 1 aromatic carbocycles. The Balaban J connectivity index is 2.52. The van der Waals surface area contributed by atoms with Crippen molar-refractivity contribution >= 4 is 11.8 Å². The van der Waals surface area contributed by atoms with Crippen molar-refractivity contribution in [2.24, 2.45) is 5.41 Å². The van der Waals surface area contributed by atoms with E-state index >= 15 is 0 Å². The minimum atomic E-state index is -1.32. The predicted octanol–water partition coefficient (Wildman–Crippen LogP) is 2.10. The van der Waals surface area contributed by atoms with Gasteiger partial charge in [0.1, 0.15) is 0 Å². The Kier molecular flexibility index (Phi) is 4.35. The van der Waals surface area contributed by atoms with Gasteiger partial charge in [-0.3, -0.25) is 9.59 Å². The minimum Gasteiger partial charge on any atom is -0.468 e. The third-order valence-corrected chi connectivity index (χ3v) is 3.78. The Labute approximate surface area is 118 Å². The molecule has 2 atom stereocenters. The van der Waals surface area contributed by atoms with Crippen molar-refractivity contribution in [3.05, 3.63) is 48.6 Å². The first-order chi connectivity index (χ1) is 9.66. The molecule has 0 saturated carbocycles. The molecule has 0 aliphatic carbocycles. The lowest BCUT2D eigenvalue weighted by Crippen LogP contribution is -2.51. The number of allylic oxidation sites excluding steroid dienone is 1. The van der Waals surface area contributed by atoms with Gasteiger partial charge in [-0.15, -0.1) is 6.58 Å². The first-order valence-corrected chi connectivity index (χ1v) is 6.53. The Morgan fingerprint density at radius 3 is 2.70 bits per heavy atom. The number of carbonyl (C=O) groups is 2. The van der Waals surface area contributed by atoms with Crippen LogP contribution < -0.4 is 0 Å². The molecule has 0 spiro atoms. The highest BCUT2D eigenvalue weighted by molar-refractivity contribution is 6.05. The maximum atomic E-state index is 12.5. The third-order valence-electron chi connectivity index (χ3n) is 3.78. The molecule has 0 radical (unpaired) electrons. The summed E-state index contributed by atoms with van der Waals surface area (Å²) in [6.07, 6.45) is 1.84. The first-order valence-electron chi connectivity index (χ1n) is 6.53. The van der Waals surface area contributed by atoms with Gasteiger partial charge in [0.25, 0.3) is 0 Å². The molecule has 1 fully saturated rings. The third kappa shape index (κ3) is 2.27. The summed E-state index contributed by atoms with van der Waals surface area (Å²) in [5, 5.41) is 0. The second-order valence-corrected chi connectivity index (χ2v) is 4.81. The van der Waals surface area contributed by atoms with Crippen LogP contribution in [0.15, 0.2) is 43.0 Å². The minimum absolute atomic E-state index is 0.0318. The number of esters is 1. The van der Waals surface area contributed by atoms with E-state index in [1.165, 1.54) is 7.11 Å². The van der Waals surface area contributed by atoms with E-state index in [0.717, 1.165) is 5.56 Å². The lowest BCUT2D eigenvalue weighted by atomic mass is 9.68. The highest BCUT2D eigenvalue weighted by Gasteiger charge is 2.54. The molecule has 0 N–H and O–H groups in total. The van der Waals surface area contributed by atoms with Crippen molar-refractivity contribution in [3.63, 3.8) is 0 Å². The van der Waals surface area contributed by atoms with Gasteiger partial charge < -0.3 is 9.47 Å². The number of rotatable bonds is 4. The summed E-state index contributed by atoms with van der Waals surface area (Å²) in [5.74, 6) is -1.16. The molecule has 20 heavy (non-hydrogen) atoms. The Morgan fingerprint density at radius 2 is 2.15 bits per heavy atom. The van der Waals surface area contributed by atoms with Gasteiger partial charge in [-0.05, 0) is 5.56 Å². The molecule has 1 aliphatic rings. The topological polar surface area (TPSA) is 52.6 Å². The normalized spacial score (nSPS) is 23.9. The molecule has 1 aliphatic heterocycles. The molecule has 1 aromatic rings. The van der Waals surface area contributed by atoms with Crippen molar-refractivity contribution in [1.82, 2.24) is 0 Å². The van der Waals surface area contributed by atoms with Gasteiger partial charge >= 0.3 is 5.97 Å². The molecular weight excluding hydrogens is 256 g/mol. The second kappa shape index (κ2) is 6.01. The molecule has 0 aromatic heterocycles. The monoisotopic (exact) mass is 274 g/mol. The van der Waals surface area contributed by atoms with Crippen molar-refractivity contribution in [3.8, 4) is 0 Å². The molecule has 106 valence electrons. The zero-order valence-electron chi connectivity index (χ0n) is 11.5. The predicted molar refractivity (Wildman–Crippen MR) is 74.3 cm³/mol. The van der Waals surface area contributed by atoms with Crippen LogP contribution in [0.4, 0.5) is 0 Å². The smallest absolute Gasteiger partial charge is 0.322 e. The zero-order chi connectivity index (χ0) is 14.6. The second-order valence-electron chi connectivity index (χ2n) is 4.81. The number of ether oxygens (including phenoxy) is 2. The number of hydrogen-bond donors (Lipinski definition) is 0. The quantitative estimate of drug-likeness (QED) is 0.479. The van der Waals surface area contributed by atoms with E-state index in [1.54, 1.807) is 6.08 Å². The Hall–Kier alpha value is -1.94. The van der Waals surface area contributed by atoms with Crippen molar-refractivity contribution in [2.75, 3.05) is 20.3 Å². The molecule has 1 heterocycles. The van der Waals surface area contributed by atoms with Crippen LogP contribution >= 0.6 is 0 Å². The van der Waals surface area contributed by atoms with Crippen LogP contribution in [0.3, 0.4) is 0 Å². The van der Waals surface area contributed by atoms with Crippen LogP contribution in [0.5, 0.6) is 0 Å². The number of Topliss-reactive ketones (excluding diaryl/α,β-unsaturated/α-hetero) is 1. The fraction of sp³-hybridized carbons (Fsp3) is 0.375. The summed E-state index contributed by atoms with van der Waals surface area (Å²) in [6, 6.07) is 9.36.